The molecule has 3 aromatic heterocycles. The van der Waals surface area contributed by atoms with Crippen LogP contribution in [0.1, 0.15) is 5.56 Å². The van der Waals surface area contributed by atoms with E-state index < -0.39 is 16.1 Å². The number of hydrogen-bond acceptors (Lipinski definition) is 1. The summed E-state index contributed by atoms with van der Waals surface area (Å²) in [5.74, 6) is 0.927. The van der Waals surface area contributed by atoms with Gasteiger partial charge in [-0.25, -0.2) is 4.98 Å². The molecule has 348 valence electrons. The number of fused-ring (bicyclic) bond motifs is 13. The van der Waals surface area contributed by atoms with Crippen LogP contribution in [0.25, 0.3) is 66.5 Å². The molecule has 0 fully saturated rings. The standard InChI is InChI=1S/C68H48N4Si2/c1-6-24-49(25-7-1)71-58-37-19-16-34-54(58)57-43-44-61-66(67(57)71)69-68-70(59-38-20-21-39-60(59)72(61)68)47-48-42-45-64-65(46-48)74(52-30-12-4-13-31-52,53-32-14-5-15-33-53)63-41-23-18-36-56(63)55-35-17-22-40-62(55)73(64,50-26-8-2-9-27-50)51-28-10-3-11-29-51/h1-46H,47H2. The van der Waals surface area contributed by atoms with Gasteiger partial charge in [-0.1, -0.05) is 237 Å². The Kier molecular flexibility index (Phi) is 9.64. The summed E-state index contributed by atoms with van der Waals surface area (Å²) in [7, 11) is -6.39. The zero-order chi connectivity index (χ0) is 48.8. The monoisotopic (exact) mass is 976 g/mol. The number of nitrogens with zero attached hydrogens (tertiary/aromatic N) is 4. The van der Waals surface area contributed by atoms with Gasteiger partial charge in [-0.05, 0) is 101 Å². The predicted octanol–water partition coefficient (Wildman–Crippen LogP) is 10.3. The van der Waals surface area contributed by atoms with E-state index in [0.717, 1.165) is 39.0 Å². The van der Waals surface area contributed by atoms with Gasteiger partial charge in [0.1, 0.15) is 5.52 Å². The summed E-state index contributed by atoms with van der Waals surface area (Å²) in [5.41, 5.74) is 11.7. The highest BCUT2D eigenvalue weighted by Crippen LogP contribution is 2.38. The van der Waals surface area contributed by atoms with E-state index in [4.69, 9.17) is 4.98 Å². The Hall–Kier alpha value is -9.08. The van der Waals surface area contributed by atoms with Gasteiger partial charge in [-0.3, -0.25) is 4.40 Å². The molecule has 0 N–H and O–H groups in total. The van der Waals surface area contributed by atoms with Gasteiger partial charge >= 0.3 is 0 Å². The van der Waals surface area contributed by atoms with E-state index in [1.165, 1.54) is 74.5 Å². The molecule has 0 unspecified atom stereocenters. The lowest BCUT2D eigenvalue weighted by Gasteiger charge is -2.45. The zero-order valence-corrected chi connectivity index (χ0v) is 42.6. The first-order valence-electron chi connectivity index (χ1n) is 25.7. The van der Waals surface area contributed by atoms with Gasteiger partial charge in [-0.2, -0.15) is 0 Å². The van der Waals surface area contributed by atoms with Gasteiger partial charge in [0.2, 0.25) is 5.78 Å². The van der Waals surface area contributed by atoms with E-state index >= 15 is 0 Å². The quantitative estimate of drug-likeness (QED) is 0.146. The summed E-state index contributed by atoms with van der Waals surface area (Å²) >= 11 is 0. The lowest BCUT2D eigenvalue weighted by atomic mass is 10.1. The van der Waals surface area contributed by atoms with Crippen molar-refractivity contribution in [1.82, 2.24) is 18.5 Å². The largest absolute Gasteiger partial charge is 0.307 e. The zero-order valence-electron chi connectivity index (χ0n) is 40.6. The van der Waals surface area contributed by atoms with Crippen molar-refractivity contribution >= 4 is 107 Å². The van der Waals surface area contributed by atoms with Crippen molar-refractivity contribution in [1.29, 1.82) is 0 Å². The molecule has 11 aromatic carbocycles. The molecule has 0 spiro atoms. The normalized spacial score (nSPS) is 13.7. The van der Waals surface area contributed by atoms with Gasteiger partial charge in [0.25, 0.3) is 0 Å². The Labute approximate surface area is 431 Å². The van der Waals surface area contributed by atoms with Crippen LogP contribution >= 0.6 is 0 Å². The fourth-order valence-corrected chi connectivity index (χ4v) is 24.5. The smallest absolute Gasteiger partial charge is 0.216 e. The summed E-state index contributed by atoms with van der Waals surface area (Å²) in [6, 6.07) is 105. The fourth-order valence-electron chi connectivity index (χ4n) is 13.2. The SMILES string of the molecule is c1ccc(-n2c3ccccc3c3ccc4c(nc5n(Cc6ccc7c(c6)[Si](c6ccccc6)(c6ccccc6)c6ccccc6-c6ccccc6[Si]7(c6ccccc6)c6ccccc6)c6ccccc6n45)c32)cc1. The van der Waals surface area contributed by atoms with Crippen molar-refractivity contribution in [2.45, 2.75) is 6.54 Å². The first-order valence-corrected chi connectivity index (χ1v) is 29.7. The van der Waals surface area contributed by atoms with Gasteiger partial charge in [0, 0.05) is 16.5 Å². The van der Waals surface area contributed by atoms with Gasteiger partial charge in [0.05, 0.1) is 34.1 Å². The highest BCUT2D eigenvalue weighted by molar-refractivity contribution is 7.28. The van der Waals surface area contributed by atoms with E-state index in [9.17, 15) is 0 Å². The van der Waals surface area contributed by atoms with Crippen molar-refractivity contribution in [2.75, 3.05) is 0 Å². The Morgan fingerprint density at radius 2 is 0.811 bits per heavy atom. The summed E-state index contributed by atoms with van der Waals surface area (Å²) in [6.45, 7) is 0.621. The highest BCUT2D eigenvalue weighted by atomic mass is 28.3. The second-order valence-electron chi connectivity index (χ2n) is 19.8. The molecule has 0 saturated carbocycles. The maximum atomic E-state index is 5.77. The van der Waals surface area contributed by atoms with Crippen molar-refractivity contribution in [3.05, 3.63) is 285 Å². The molecule has 0 radical (unpaired) electrons. The van der Waals surface area contributed by atoms with Crippen molar-refractivity contribution in [2.24, 2.45) is 0 Å². The third-order valence-corrected chi connectivity index (χ3v) is 26.1. The molecule has 0 atom stereocenters. The number of imidazole rings is 2. The lowest BCUT2D eigenvalue weighted by molar-refractivity contribution is 0.848. The van der Waals surface area contributed by atoms with Crippen LogP contribution in [0.4, 0.5) is 0 Å². The molecule has 14 aromatic rings. The van der Waals surface area contributed by atoms with E-state index in [1.54, 1.807) is 0 Å². The maximum absolute atomic E-state index is 5.77. The molecule has 0 aliphatic carbocycles. The van der Waals surface area contributed by atoms with E-state index in [2.05, 4.69) is 293 Å². The number of para-hydroxylation sites is 4. The summed E-state index contributed by atoms with van der Waals surface area (Å²) in [4.78, 5) is 5.77. The van der Waals surface area contributed by atoms with Crippen molar-refractivity contribution in [3.8, 4) is 16.8 Å². The maximum Gasteiger partial charge on any atom is 0.216 e. The summed E-state index contributed by atoms with van der Waals surface area (Å²) < 4.78 is 7.27. The van der Waals surface area contributed by atoms with Crippen LogP contribution in [0.15, 0.2) is 279 Å². The molecular formula is C68H48N4Si2. The second-order valence-corrected chi connectivity index (χ2v) is 27.2. The van der Waals surface area contributed by atoms with Crippen LogP contribution in [-0.2, 0) is 6.54 Å². The van der Waals surface area contributed by atoms with Gasteiger partial charge < -0.3 is 9.13 Å². The van der Waals surface area contributed by atoms with Crippen LogP contribution in [0, 0.1) is 0 Å². The van der Waals surface area contributed by atoms with Crippen LogP contribution in [-0.4, -0.2) is 34.7 Å². The number of benzene rings is 11. The Bertz CT molecular complexity index is 4370. The van der Waals surface area contributed by atoms with Crippen LogP contribution in [0.5, 0.6) is 0 Å². The Balaban J connectivity index is 1.07. The topological polar surface area (TPSA) is 27.2 Å². The Morgan fingerprint density at radius 3 is 1.39 bits per heavy atom. The van der Waals surface area contributed by atoms with Crippen molar-refractivity contribution < 1.29 is 0 Å². The Morgan fingerprint density at radius 1 is 0.338 bits per heavy atom. The summed E-state index contributed by atoms with van der Waals surface area (Å²) in [6.07, 6.45) is 0. The minimum Gasteiger partial charge on any atom is -0.307 e. The molecular weight excluding hydrogens is 929 g/mol. The molecule has 1 aliphatic rings. The molecule has 15 rings (SSSR count). The van der Waals surface area contributed by atoms with Crippen LogP contribution in [0.2, 0.25) is 0 Å². The molecule has 4 nitrogen and oxygen atoms in total. The first-order chi connectivity index (χ1) is 36.7. The van der Waals surface area contributed by atoms with E-state index in [-0.39, 0.29) is 0 Å². The van der Waals surface area contributed by atoms with E-state index in [0.29, 0.717) is 6.54 Å². The van der Waals surface area contributed by atoms with Crippen LogP contribution < -0.4 is 41.5 Å². The second kappa shape index (κ2) is 16.8. The number of hydrogen-bond donors (Lipinski definition) is 0. The van der Waals surface area contributed by atoms with Crippen molar-refractivity contribution in [3.63, 3.8) is 0 Å². The predicted molar refractivity (Wildman–Crippen MR) is 314 cm³/mol. The molecule has 4 heterocycles. The highest BCUT2D eigenvalue weighted by Gasteiger charge is 2.53. The lowest BCUT2D eigenvalue weighted by Crippen LogP contribution is -2.86. The minimum absolute atomic E-state index is 0.621. The summed E-state index contributed by atoms with van der Waals surface area (Å²) in [5, 5.41) is 13.6. The third-order valence-electron chi connectivity index (χ3n) is 16.1. The molecule has 1 aliphatic heterocycles. The van der Waals surface area contributed by atoms with Gasteiger partial charge in [0.15, 0.2) is 16.1 Å². The van der Waals surface area contributed by atoms with E-state index in [1.807, 2.05) is 0 Å². The molecule has 0 amide bonds. The molecule has 6 heteroatoms. The molecule has 74 heavy (non-hydrogen) atoms. The third kappa shape index (κ3) is 5.98. The molecule has 0 bridgehead atoms. The average molecular weight is 977 g/mol. The minimum atomic E-state index is -3.23. The number of rotatable bonds is 7. The van der Waals surface area contributed by atoms with Crippen LogP contribution in [0.3, 0.4) is 0 Å². The fraction of sp³-hybridized carbons (Fsp3) is 0.0147. The number of aromatic nitrogens is 4. The molecule has 0 saturated heterocycles. The first kappa shape index (κ1) is 42.6. The average Bonchev–Trinajstić information content (AvgIpc) is 4.17. The van der Waals surface area contributed by atoms with Gasteiger partial charge in [-0.15, -0.1) is 0 Å².